The van der Waals surface area contributed by atoms with Crippen molar-refractivity contribution in [3.05, 3.63) is 11.6 Å². The maximum atomic E-state index is 11.9. The number of carbonyl (C=O) groups is 2. The summed E-state index contributed by atoms with van der Waals surface area (Å²) in [6.07, 6.45) is 7.75. The van der Waals surface area contributed by atoms with Crippen LogP contribution in [0.2, 0.25) is 0 Å². The molecule has 0 aromatic carbocycles. The summed E-state index contributed by atoms with van der Waals surface area (Å²) in [5, 5.41) is 0. The predicted octanol–water partition coefficient (Wildman–Crippen LogP) is 3.25. The number of allylic oxidation sites excluding steroid dienone is 1. The third-order valence-electron chi connectivity index (χ3n) is 4.49. The summed E-state index contributed by atoms with van der Waals surface area (Å²) in [4.78, 5) is 26.1. The van der Waals surface area contributed by atoms with E-state index in [0.29, 0.717) is 12.5 Å². The van der Waals surface area contributed by atoms with E-state index in [1.807, 2.05) is 20.8 Å². The van der Waals surface area contributed by atoms with Gasteiger partial charge in [0.2, 0.25) is 0 Å². The molecule has 0 amide bonds. The Kier molecular flexibility index (Phi) is 5.43. The molecule has 1 fully saturated rings. The zero-order valence-corrected chi connectivity index (χ0v) is 14.4. The standard InChI is InChI=1S/C18H29NO3/c1-13(20)15-8-5-7-14-10-11-16(15)19(14)12-6-9-17(21)22-18(2,3)4/h8,14,16H,5-7,9-12H2,1-4H3. The molecule has 0 aromatic heterocycles. The fourth-order valence-corrected chi connectivity index (χ4v) is 3.66. The lowest BCUT2D eigenvalue weighted by Crippen LogP contribution is -2.38. The molecule has 0 N–H and O–H groups in total. The summed E-state index contributed by atoms with van der Waals surface area (Å²) in [6, 6.07) is 0.834. The number of esters is 1. The van der Waals surface area contributed by atoms with Gasteiger partial charge >= 0.3 is 5.97 Å². The molecule has 0 saturated carbocycles. The number of hydrogen-bond acceptors (Lipinski definition) is 4. The molecule has 4 nitrogen and oxygen atoms in total. The topological polar surface area (TPSA) is 46.6 Å². The highest BCUT2D eigenvalue weighted by atomic mass is 16.6. The molecule has 2 rings (SSSR count). The summed E-state index contributed by atoms with van der Waals surface area (Å²) in [6.45, 7) is 8.22. The first-order chi connectivity index (χ1) is 10.3. The highest BCUT2D eigenvalue weighted by Gasteiger charge is 2.37. The van der Waals surface area contributed by atoms with Gasteiger partial charge in [0.05, 0.1) is 0 Å². The third-order valence-corrected chi connectivity index (χ3v) is 4.49. The summed E-state index contributed by atoms with van der Waals surface area (Å²) in [5.74, 6) is 0.0710. The Balaban J connectivity index is 1.88. The van der Waals surface area contributed by atoms with E-state index in [9.17, 15) is 9.59 Å². The van der Waals surface area contributed by atoms with E-state index in [1.54, 1.807) is 6.92 Å². The molecule has 2 bridgehead atoms. The first-order valence-corrected chi connectivity index (χ1v) is 8.46. The first-order valence-electron chi connectivity index (χ1n) is 8.46. The Bertz CT molecular complexity index is 461. The summed E-state index contributed by atoms with van der Waals surface area (Å²) >= 11 is 0. The van der Waals surface area contributed by atoms with Crippen molar-refractivity contribution < 1.29 is 14.3 Å². The molecule has 0 radical (unpaired) electrons. The van der Waals surface area contributed by atoms with Gasteiger partial charge in [0.25, 0.3) is 0 Å². The van der Waals surface area contributed by atoms with E-state index in [-0.39, 0.29) is 17.8 Å². The molecular weight excluding hydrogens is 278 g/mol. The normalized spacial score (nSPS) is 25.5. The molecule has 2 aliphatic heterocycles. The Morgan fingerprint density at radius 2 is 2.00 bits per heavy atom. The van der Waals surface area contributed by atoms with Gasteiger partial charge < -0.3 is 4.74 Å². The predicted molar refractivity (Wildman–Crippen MR) is 86.6 cm³/mol. The molecule has 22 heavy (non-hydrogen) atoms. The van der Waals surface area contributed by atoms with Gasteiger partial charge in [0, 0.05) is 24.1 Å². The van der Waals surface area contributed by atoms with Crippen LogP contribution in [0.25, 0.3) is 0 Å². The van der Waals surface area contributed by atoms with Gasteiger partial charge in [-0.05, 0) is 66.3 Å². The number of nitrogens with zero attached hydrogens (tertiary/aromatic N) is 1. The van der Waals surface area contributed by atoms with Gasteiger partial charge in [-0.3, -0.25) is 14.5 Å². The number of hydrogen-bond donors (Lipinski definition) is 0. The van der Waals surface area contributed by atoms with Crippen molar-refractivity contribution >= 4 is 11.8 Å². The van der Waals surface area contributed by atoms with Gasteiger partial charge in [-0.25, -0.2) is 0 Å². The molecule has 4 heteroatoms. The van der Waals surface area contributed by atoms with Crippen LogP contribution >= 0.6 is 0 Å². The minimum atomic E-state index is -0.413. The average molecular weight is 307 g/mol. The number of Topliss-reactive ketones (excluding diaryl/α,β-unsaturated/α-hetero) is 1. The van der Waals surface area contributed by atoms with Crippen LogP contribution in [0.1, 0.15) is 66.2 Å². The third kappa shape index (κ3) is 4.42. The Morgan fingerprint density at radius 3 is 2.64 bits per heavy atom. The summed E-state index contributed by atoms with van der Waals surface area (Å²) in [5.41, 5.74) is 0.570. The maximum Gasteiger partial charge on any atom is 0.306 e. The molecule has 2 heterocycles. The van der Waals surface area contributed by atoms with Crippen molar-refractivity contribution in [1.29, 1.82) is 0 Å². The van der Waals surface area contributed by atoms with Crippen LogP contribution in [0, 0.1) is 0 Å². The van der Waals surface area contributed by atoms with Crippen LogP contribution in [-0.4, -0.2) is 40.9 Å². The molecule has 0 aliphatic carbocycles. The highest BCUT2D eigenvalue weighted by molar-refractivity contribution is 5.94. The summed E-state index contributed by atoms with van der Waals surface area (Å²) in [7, 11) is 0. The van der Waals surface area contributed by atoms with Gasteiger partial charge in [0.1, 0.15) is 5.60 Å². The summed E-state index contributed by atoms with van der Waals surface area (Å²) < 4.78 is 5.36. The van der Waals surface area contributed by atoms with Crippen LogP contribution in [0.4, 0.5) is 0 Å². The molecule has 124 valence electrons. The zero-order chi connectivity index (χ0) is 16.3. The highest BCUT2D eigenvalue weighted by Crippen LogP contribution is 2.35. The molecule has 2 aliphatic rings. The Morgan fingerprint density at radius 1 is 1.27 bits per heavy atom. The van der Waals surface area contributed by atoms with Crippen molar-refractivity contribution in [2.45, 2.75) is 83.9 Å². The minimum Gasteiger partial charge on any atom is -0.460 e. The lowest BCUT2D eigenvalue weighted by molar-refractivity contribution is -0.155. The number of rotatable bonds is 5. The molecule has 2 unspecified atom stereocenters. The van der Waals surface area contributed by atoms with Gasteiger partial charge in [-0.2, -0.15) is 0 Å². The fraction of sp³-hybridized carbons (Fsp3) is 0.778. The van der Waals surface area contributed by atoms with E-state index < -0.39 is 5.60 Å². The smallest absolute Gasteiger partial charge is 0.306 e. The lowest BCUT2D eigenvalue weighted by atomic mass is 9.97. The van der Waals surface area contributed by atoms with Crippen molar-refractivity contribution in [3.63, 3.8) is 0 Å². The molecule has 0 spiro atoms. The number of carbonyl (C=O) groups excluding carboxylic acids is 2. The van der Waals surface area contributed by atoms with Gasteiger partial charge in [0.15, 0.2) is 5.78 Å². The second kappa shape index (κ2) is 6.95. The minimum absolute atomic E-state index is 0.128. The van der Waals surface area contributed by atoms with Gasteiger partial charge in [-0.15, -0.1) is 0 Å². The van der Waals surface area contributed by atoms with Gasteiger partial charge in [-0.1, -0.05) is 6.08 Å². The van der Waals surface area contributed by atoms with Crippen molar-refractivity contribution in [2.75, 3.05) is 6.54 Å². The number of ether oxygens (including phenoxy) is 1. The van der Waals surface area contributed by atoms with Crippen LogP contribution < -0.4 is 0 Å². The van der Waals surface area contributed by atoms with Crippen LogP contribution in [0.3, 0.4) is 0 Å². The van der Waals surface area contributed by atoms with Crippen molar-refractivity contribution in [2.24, 2.45) is 0 Å². The molecule has 2 atom stereocenters. The lowest BCUT2D eigenvalue weighted by Gasteiger charge is -2.29. The van der Waals surface area contributed by atoms with Crippen LogP contribution in [-0.2, 0) is 14.3 Å². The second-order valence-electron chi connectivity index (χ2n) is 7.47. The zero-order valence-electron chi connectivity index (χ0n) is 14.4. The van der Waals surface area contributed by atoms with E-state index in [2.05, 4.69) is 11.0 Å². The monoisotopic (exact) mass is 307 g/mol. The number of ketones is 1. The van der Waals surface area contributed by atoms with E-state index in [1.165, 1.54) is 6.42 Å². The Labute approximate surface area is 133 Å². The first kappa shape index (κ1) is 17.2. The van der Waals surface area contributed by atoms with E-state index in [0.717, 1.165) is 37.8 Å². The average Bonchev–Trinajstić information content (AvgIpc) is 2.62. The maximum absolute atomic E-state index is 11.9. The SMILES string of the molecule is CC(=O)C1=CCCC2CCC1N2CCCC(=O)OC(C)(C)C. The Hall–Kier alpha value is -1.16. The van der Waals surface area contributed by atoms with Crippen LogP contribution in [0.5, 0.6) is 0 Å². The van der Waals surface area contributed by atoms with E-state index in [4.69, 9.17) is 4.74 Å². The van der Waals surface area contributed by atoms with Crippen LogP contribution in [0.15, 0.2) is 11.6 Å². The van der Waals surface area contributed by atoms with E-state index >= 15 is 0 Å². The van der Waals surface area contributed by atoms with Crippen molar-refractivity contribution in [3.8, 4) is 0 Å². The second-order valence-corrected chi connectivity index (χ2v) is 7.47. The molecule has 0 aromatic rings. The van der Waals surface area contributed by atoms with Crippen molar-refractivity contribution in [1.82, 2.24) is 4.90 Å². The largest absolute Gasteiger partial charge is 0.460 e. The molecule has 1 saturated heterocycles. The number of fused-ring (bicyclic) bond motifs is 2. The quantitative estimate of drug-likeness (QED) is 0.732. The fourth-order valence-electron chi connectivity index (χ4n) is 3.66. The molecular formula is C18H29NO3.